The average molecular weight is 488 g/mol. The monoisotopic (exact) mass is 487 g/mol. The van der Waals surface area contributed by atoms with Gasteiger partial charge in [0.05, 0.1) is 17.1 Å². The van der Waals surface area contributed by atoms with Gasteiger partial charge in [-0.25, -0.2) is 9.37 Å². The van der Waals surface area contributed by atoms with E-state index in [-0.39, 0.29) is 51.9 Å². The highest BCUT2D eigenvalue weighted by molar-refractivity contribution is 6.35. The minimum absolute atomic E-state index is 0.0410. The van der Waals surface area contributed by atoms with Crippen molar-refractivity contribution in [1.82, 2.24) is 20.1 Å². The van der Waals surface area contributed by atoms with Crippen molar-refractivity contribution in [2.24, 2.45) is 0 Å². The predicted molar refractivity (Wildman–Crippen MR) is 126 cm³/mol. The van der Waals surface area contributed by atoms with Crippen molar-refractivity contribution in [2.75, 3.05) is 57.8 Å². The van der Waals surface area contributed by atoms with Gasteiger partial charge in [-0.1, -0.05) is 17.7 Å². The Morgan fingerprint density at radius 3 is 2.85 bits per heavy atom. The Hall–Kier alpha value is -2.62. The number of ether oxygens (including phenoxy) is 1. The Labute approximate surface area is 202 Å². The van der Waals surface area contributed by atoms with Gasteiger partial charge in [0.1, 0.15) is 40.3 Å². The fourth-order valence-electron chi connectivity index (χ4n) is 5.54. The third-order valence-electron chi connectivity index (χ3n) is 7.47. The first-order valence-electron chi connectivity index (χ1n) is 11.7. The van der Waals surface area contributed by atoms with Gasteiger partial charge in [-0.3, -0.25) is 4.79 Å². The number of fused-ring (bicyclic) bond motifs is 2. The van der Waals surface area contributed by atoms with Crippen LogP contribution in [0.1, 0.15) is 23.2 Å². The molecule has 1 spiro atoms. The Bertz CT molecular complexity index is 1150. The smallest absolute Gasteiger partial charge is 0.261 e. The number of carbonyl (C=O) groups excluding carboxylic acids is 1. The number of carbonyl (C=O) groups is 1. The molecule has 3 fully saturated rings. The van der Waals surface area contributed by atoms with Crippen molar-refractivity contribution in [2.45, 2.75) is 24.4 Å². The molecule has 0 unspecified atom stereocenters. The predicted octanol–water partition coefficient (Wildman–Crippen LogP) is 2.34. The van der Waals surface area contributed by atoms with Gasteiger partial charge in [-0.2, -0.15) is 0 Å². The molecule has 3 aliphatic heterocycles. The van der Waals surface area contributed by atoms with Gasteiger partial charge < -0.3 is 29.9 Å². The number of piperazine rings is 2. The molecule has 34 heavy (non-hydrogen) atoms. The van der Waals surface area contributed by atoms with Crippen LogP contribution in [0.25, 0.3) is 11.3 Å². The number of phenolic OH excluding ortho intramolecular Hbond substituents is 1. The first-order valence-corrected chi connectivity index (χ1v) is 12.1. The maximum atomic E-state index is 14.9. The Morgan fingerprint density at radius 1 is 1.26 bits per heavy atom. The van der Waals surface area contributed by atoms with Crippen LogP contribution in [0.5, 0.6) is 11.5 Å². The number of benzene rings is 1. The summed E-state index contributed by atoms with van der Waals surface area (Å²) in [4.78, 5) is 25.1. The summed E-state index contributed by atoms with van der Waals surface area (Å²) in [6, 6.07) is 3.95. The molecular weight excluding hydrogens is 461 g/mol. The van der Waals surface area contributed by atoms with Gasteiger partial charge >= 0.3 is 0 Å². The van der Waals surface area contributed by atoms with Crippen LogP contribution in [-0.4, -0.2) is 90.3 Å². The van der Waals surface area contributed by atoms with E-state index in [0.717, 1.165) is 25.9 Å². The van der Waals surface area contributed by atoms with E-state index in [1.807, 2.05) is 4.90 Å². The summed E-state index contributed by atoms with van der Waals surface area (Å²) in [6.45, 7) is 4.51. The van der Waals surface area contributed by atoms with E-state index in [4.69, 9.17) is 21.3 Å². The summed E-state index contributed by atoms with van der Waals surface area (Å²) >= 11 is 6.78. The minimum atomic E-state index is -0.638. The van der Waals surface area contributed by atoms with Crippen molar-refractivity contribution in [3.05, 3.63) is 34.6 Å². The van der Waals surface area contributed by atoms with Gasteiger partial charge in [-0.05, 0) is 32.0 Å². The van der Waals surface area contributed by atoms with Crippen LogP contribution >= 0.6 is 11.6 Å². The number of nitrogens with one attached hydrogen (secondary N) is 1. The topological polar surface area (TPSA) is 81.2 Å². The fraction of sp³-hybridized carbons (Fsp3) is 0.500. The maximum Gasteiger partial charge on any atom is 0.261 e. The van der Waals surface area contributed by atoms with E-state index in [0.29, 0.717) is 37.6 Å². The van der Waals surface area contributed by atoms with E-state index in [1.165, 1.54) is 18.2 Å². The van der Waals surface area contributed by atoms with E-state index < -0.39 is 5.82 Å². The summed E-state index contributed by atoms with van der Waals surface area (Å²) in [6.07, 6.45) is 1.98. The largest absolute Gasteiger partial charge is 0.507 e. The molecule has 4 aliphatic rings. The molecule has 1 aromatic heterocycles. The standard InChI is InChI=1S/C24H27ClFN5O3/c1-29-9-10-31(24(13-29)5-6-24)22-18-21(34-12-14-11-27-7-8-30(14)23(18)33)19(25)20(28-22)17-15(26)3-2-4-16(17)32/h2-4,14,27,32H,5-13H2,1H3/t14-/m1/s1. The highest BCUT2D eigenvalue weighted by Gasteiger charge is 2.53. The average Bonchev–Trinajstić information content (AvgIpc) is 3.59. The van der Waals surface area contributed by atoms with Crippen LogP contribution in [0.4, 0.5) is 10.2 Å². The van der Waals surface area contributed by atoms with Crippen LogP contribution in [-0.2, 0) is 0 Å². The Balaban J connectivity index is 1.59. The van der Waals surface area contributed by atoms with Gasteiger partial charge in [0.25, 0.3) is 5.91 Å². The van der Waals surface area contributed by atoms with Gasteiger partial charge in [-0.15, -0.1) is 0 Å². The number of hydrogen-bond acceptors (Lipinski definition) is 7. The lowest BCUT2D eigenvalue weighted by Gasteiger charge is -2.42. The van der Waals surface area contributed by atoms with Crippen molar-refractivity contribution < 1.29 is 19.0 Å². The molecule has 1 saturated carbocycles. The number of halogens is 2. The number of hydrogen-bond donors (Lipinski definition) is 2. The number of aromatic nitrogens is 1. The molecule has 1 aromatic carbocycles. The zero-order chi connectivity index (χ0) is 23.6. The van der Waals surface area contributed by atoms with Crippen molar-refractivity contribution in [3.8, 4) is 22.8 Å². The number of aromatic hydroxyl groups is 1. The molecule has 6 rings (SSSR count). The molecule has 0 radical (unpaired) electrons. The highest BCUT2D eigenvalue weighted by atomic mass is 35.5. The van der Waals surface area contributed by atoms with E-state index >= 15 is 0 Å². The summed E-state index contributed by atoms with van der Waals surface area (Å²) in [5.74, 6) is -0.379. The molecule has 8 nitrogen and oxygen atoms in total. The second kappa shape index (κ2) is 7.96. The van der Waals surface area contributed by atoms with Crippen molar-refractivity contribution in [1.29, 1.82) is 0 Å². The van der Waals surface area contributed by atoms with Gasteiger partial charge in [0.15, 0.2) is 5.75 Å². The number of rotatable bonds is 2. The molecular formula is C24H27ClFN5O3. The number of anilines is 1. The first kappa shape index (κ1) is 21.9. The number of pyridine rings is 1. The molecule has 2 N–H and O–H groups in total. The Morgan fingerprint density at radius 2 is 2.09 bits per heavy atom. The quantitative estimate of drug-likeness (QED) is 0.673. The van der Waals surface area contributed by atoms with Gasteiger partial charge in [0.2, 0.25) is 0 Å². The van der Waals surface area contributed by atoms with Crippen LogP contribution in [0.2, 0.25) is 5.02 Å². The molecule has 2 saturated heterocycles. The molecule has 1 aliphatic carbocycles. The molecule has 180 valence electrons. The molecule has 1 amide bonds. The van der Waals surface area contributed by atoms with Crippen LogP contribution < -0.4 is 15.0 Å². The minimum Gasteiger partial charge on any atom is -0.507 e. The second-order valence-corrected chi connectivity index (χ2v) is 10.1. The molecule has 1 atom stereocenters. The normalized spacial score (nSPS) is 23.9. The summed E-state index contributed by atoms with van der Waals surface area (Å²) in [5.41, 5.74) is 0.220. The lowest BCUT2D eigenvalue weighted by Crippen LogP contribution is -2.56. The highest BCUT2D eigenvalue weighted by Crippen LogP contribution is 2.51. The number of amides is 1. The third kappa shape index (κ3) is 3.32. The van der Waals surface area contributed by atoms with Crippen LogP contribution in [0.15, 0.2) is 18.2 Å². The Kier molecular flexibility index (Phi) is 5.13. The lowest BCUT2D eigenvalue weighted by atomic mass is 10.0. The second-order valence-electron chi connectivity index (χ2n) is 9.72. The molecule has 10 heteroatoms. The third-order valence-corrected chi connectivity index (χ3v) is 7.82. The summed E-state index contributed by atoms with van der Waals surface area (Å²) in [5, 5.41) is 13.9. The summed E-state index contributed by atoms with van der Waals surface area (Å²) in [7, 11) is 2.09. The van der Waals surface area contributed by atoms with Crippen LogP contribution in [0.3, 0.4) is 0 Å². The van der Waals surface area contributed by atoms with E-state index in [1.54, 1.807) is 0 Å². The number of nitrogens with zero attached hydrogens (tertiary/aromatic N) is 4. The zero-order valence-electron chi connectivity index (χ0n) is 19.0. The number of likely N-dealkylation sites (N-methyl/N-ethyl adjacent to an activating group) is 1. The summed E-state index contributed by atoms with van der Waals surface area (Å²) < 4.78 is 21.1. The van der Waals surface area contributed by atoms with Gasteiger partial charge in [0, 0.05) is 39.3 Å². The van der Waals surface area contributed by atoms with Crippen molar-refractivity contribution in [3.63, 3.8) is 0 Å². The molecule has 4 heterocycles. The van der Waals surface area contributed by atoms with E-state index in [9.17, 15) is 14.3 Å². The fourth-order valence-corrected chi connectivity index (χ4v) is 5.83. The van der Waals surface area contributed by atoms with Crippen LogP contribution in [0, 0.1) is 5.82 Å². The molecule has 0 bridgehead atoms. The van der Waals surface area contributed by atoms with E-state index in [2.05, 4.69) is 22.2 Å². The first-order chi connectivity index (χ1) is 16.4. The SMILES string of the molecule is CN1CCN(c2nc(-c3c(O)cccc3F)c(Cl)c3c2C(=O)N2CCNC[C@@H]2CO3)C2(CC2)C1. The zero-order valence-corrected chi connectivity index (χ0v) is 19.7. The van der Waals surface area contributed by atoms with Crippen molar-refractivity contribution >= 4 is 23.3 Å². The number of phenols is 1. The molecule has 2 aromatic rings. The maximum absolute atomic E-state index is 14.9. The lowest BCUT2D eigenvalue weighted by molar-refractivity contribution is 0.0606.